The Kier molecular flexibility index (Phi) is 5.16. The Labute approximate surface area is 84.9 Å². The summed E-state index contributed by atoms with van der Waals surface area (Å²) in [5.74, 6) is 0. The minimum absolute atomic E-state index is 0. The maximum Gasteiger partial charge on any atom is 1.00 e. The second-order valence-electron chi connectivity index (χ2n) is 2.77. The average Bonchev–Trinajstić information content (AvgIpc) is 2.10. The molecule has 1 saturated heterocycles. The fourth-order valence-electron chi connectivity index (χ4n) is 1.39. The Morgan fingerprint density at radius 3 is 2.50 bits per heavy atom. The molecule has 10 heavy (non-hydrogen) atoms. The van der Waals surface area contributed by atoms with Gasteiger partial charge in [0.1, 0.15) is 0 Å². The zero-order valence-electron chi connectivity index (χ0n) is 6.88. The SMILES string of the molecule is [CH2-]CC1CC(O)CN1C.[Na+]. The fourth-order valence-corrected chi connectivity index (χ4v) is 1.39. The molecule has 0 amide bonds. The minimum Gasteiger partial charge on any atom is -0.392 e. The molecule has 2 nitrogen and oxygen atoms in total. The van der Waals surface area contributed by atoms with Crippen LogP contribution in [0.1, 0.15) is 12.8 Å². The number of likely N-dealkylation sites (N-methyl/N-ethyl adjacent to an activating group) is 1. The number of hydrogen-bond donors (Lipinski definition) is 1. The van der Waals surface area contributed by atoms with E-state index < -0.39 is 0 Å². The van der Waals surface area contributed by atoms with Gasteiger partial charge in [-0.3, -0.25) is 0 Å². The topological polar surface area (TPSA) is 23.5 Å². The van der Waals surface area contributed by atoms with Gasteiger partial charge in [-0.1, -0.05) is 0 Å². The first-order chi connectivity index (χ1) is 4.24. The predicted molar refractivity (Wildman–Crippen MR) is 37.0 cm³/mol. The Balaban J connectivity index is 0.000000810. The quantitative estimate of drug-likeness (QED) is 0.325. The molecule has 2 unspecified atom stereocenters. The van der Waals surface area contributed by atoms with E-state index in [0.29, 0.717) is 6.04 Å². The van der Waals surface area contributed by atoms with Crippen LogP contribution in [0.3, 0.4) is 0 Å². The third-order valence-electron chi connectivity index (χ3n) is 2.00. The van der Waals surface area contributed by atoms with Gasteiger partial charge in [0.15, 0.2) is 0 Å². The van der Waals surface area contributed by atoms with Gasteiger partial charge in [0.25, 0.3) is 0 Å². The standard InChI is InChI=1S/C7H14NO.Na/c1-3-6-4-7(9)5-8(6)2;/h6-7,9H,1,3-5H2,2H3;/q-1;+1. The Bertz CT molecular complexity index is 99.6. The van der Waals surface area contributed by atoms with E-state index in [-0.39, 0.29) is 35.7 Å². The van der Waals surface area contributed by atoms with Crippen molar-refractivity contribution in [1.29, 1.82) is 0 Å². The number of nitrogens with zero attached hydrogens (tertiary/aromatic N) is 1. The molecule has 1 heterocycles. The van der Waals surface area contributed by atoms with Crippen LogP contribution in [0, 0.1) is 6.92 Å². The number of rotatable bonds is 1. The van der Waals surface area contributed by atoms with E-state index in [2.05, 4.69) is 11.8 Å². The smallest absolute Gasteiger partial charge is 0.392 e. The number of aliphatic hydroxyl groups excluding tert-OH is 1. The Morgan fingerprint density at radius 1 is 1.70 bits per heavy atom. The number of hydrogen-bond acceptors (Lipinski definition) is 2. The Morgan fingerprint density at radius 2 is 2.30 bits per heavy atom. The fraction of sp³-hybridized carbons (Fsp3) is 0.857. The van der Waals surface area contributed by atoms with Gasteiger partial charge in [0, 0.05) is 6.54 Å². The van der Waals surface area contributed by atoms with Crippen molar-refractivity contribution in [3.05, 3.63) is 6.92 Å². The summed E-state index contributed by atoms with van der Waals surface area (Å²) >= 11 is 0. The van der Waals surface area contributed by atoms with Gasteiger partial charge in [-0.05, 0) is 19.5 Å². The normalized spacial score (nSPS) is 33.9. The third kappa shape index (κ3) is 2.51. The van der Waals surface area contributed by atoms with Crippen LogP contribution < -0.4 is 29.6 Å². The molecule has 0 bridgehead atoms. The van der Waals surface area contributed by atoms with Gasteiger partial charge in [-0.25, -0.2) is 0 Å². The van der Waals surface area contributed by atoms with Gasteiger partial charge < -0.3 is 16.9 Å². The van der Waals surface area contributed by atoms with Crippen LogP contribution in [0.25, 0.3) is 0 Å². The molecule has 0 aromatic rings. The zero-order valence-corrected chi connectivity index (χ0v) is 8.88. The Hall–Kier alpha value is 0.920. The molecule has 3 heteroatoms. The number of β-amino-alcohol motifs (C(OH)–C–C–N with tert-alkyl or cyclic N) is 1. The molecule has 0 spiro atoms. The molecule has 0 saturated carbocycles. The predicted octanol–water partition coefficient (Wildman–Crippen LogP) is -2.72. The molecule has 0 aliphatic carbocycles. The van der Waals surface area contributed by atoms with Crippen molar-refractivity contribution in [2.24, 2.45) is 0 Å². The molecule has 1 fully saturated rings. The summed E-state index contributed by atoms with van der Waals surface area (Å²) in [6.07, 6.45) is 1.70. The van der Waals surface area contributed by atoms with Crippen molar-refractivity contribution in [1.82, 2.24) is 4.90 Å². The van der Waals surface area contributed by atoms with Crippen molar-refractivity contribution in [3.8, 4) is 0 Å². The molecule has 1 aliphatic rings. The molecule has 1 N–H and O–H groups in total. The van der Waals surface area contributed by atoms with E-state index in [1.807, 2.05) is 7.05 Å². The van der Waals surface area contributed by atoms with Crippen LogP contribution in [-0.2, 0) is 0 Å². The summed E-state index contributed by atoms with van der Waals surface area (Å²) in [6.45, 7) is 4.62. The molecule has 1 rings (SSSR count). The van der Waals surface area contributed by atoms with Crippen LogP contribution in [0.15, 0.2) is 0 Å². The first-order valence-electron chi connectivity index (χ1n) is 3.41. The van der Waals surface area contributed by atoms with Gasteiger partial charge >= 0.3 is 29.6 Å². The van der Waals surface area contributed by atoms with E-state index in [4.69, 9.17) is 5.11 Å². The maximum atomic E-state index is 9.13. The number of aliphatic hydroxyl groups is 1. The summed E-state index contributed by atoms with van der Waals surface area (Å²) in [4.78, 5) is 2.16. The van der Waals surface area contributed by atoms with Crippen molar-refractivity contribution in [3.63, 3.8) is 0 Å². The molecule has 1 aliphatic heterocycles. The van der Waals surface area contributed by atoms with E-state index in [9.17, 15) is 0 Å². The van der Waals surface area contributed by atoms with Crippen LogP contribution in [-0.4, -0.2) is 35.7 Å². The average molecular weight is 151 g/mol. The molecule has 0 radical (unpaired) electrons. The summed E-state index contributed by atoms with van der Waals surface area (Å²) in [7, 11) is 2.03. The van der Waals surface area contributed by atoms with Gasteiger partial charge in [-0.2, -0.15) is 6.42 Å². The van der Waals surface area contributed by atoms with E-state index in [1.165, 1.54) is 0 Å². The molecule has 2 atom stereocenters. The van der Waals surface area contributed by atoms with E-state index in [1.54, 1.807) is 0 Å². The van der Waals surface area contributed by atoms with Crippen molar-refractivity contribution in [2.75, 3.05) is 13.6 Å². The van der Waals surface area contributed by atoms with Crippen molar-refractivity contribution < 1.29 is 34.7 Å². The van der Waals surface area contributed by atoms with E-state index >= 15 is 0 Å². The second-order valence-corrected chi connectivity index (χ2v) is 2.77. The molecular formula is C7H14NNaO. The largest absolute Gasteiger partial charge is 1.00 e. The zero-order chi connectivity index (χ0) is 6.85. The first kappa shape index (κ1) is 10.9. The van der Waals surface area contributed by atoms with Gasteiger partial charge in [-0.15, -0.1) is 0 Å². The van der Waals surface area contributed by atoms with Crippen LogP contribution in [0.2, 0.25) is 0 Å². The molecule has 0 aromatic carbocycles. The molecule has 0 aromatic heterocycles. The van der Waals surface area contributed by atoms with Crippen LogP contribution in [0.4, 0.5) is 0 Å². The first-order valence-corrected chi connectivity index (χ1v) is 3.41. The van der Waals surface area contributed by atoms with Gasteiger partial charge in [0.2, 0.25) is 0 Å². The monoisotopic (exact) mass is 151 g/mol. The summed E-state index contributed by atoms with van der Waals surface area (Å²) in [5, 5.41) is 9.13. The summed E-state index contributed by atoms with van der Waals surface area (Å²) in [6, 6.07) is 0.514. The molecule has 54 valence electrons. The van der Waals surface area contributed by atoms with Gasteiger partial charge in [0.05, 0.1) is 6.10 Å². The maximum absolute atomic E-state index is 9.13. The van der Waals surface area contributed by atoms with Crippen molar-refractivity contribution in [2.45, 2.75) is 25.0 Å². The third-order valence-corrected chi connectivity index (χ3v) is 2.00. The number of likely N-dealkylation sites (tertiary alicyclic amines) is 1. The minimum atomic E-state index is -0.109. The molecular weight excluding hydrogens is 137 g/mol. The second kappa shape index (κ2) is 4.73. The van der Waals surface area contributed by atoms with Crippen molar-refractivity contribution >= 4 is 0 Å². The van der Waals surface area contributed by atoms with Crippen LogP contribution >= 0.6 is 0 Å². The summed E-state index contributed by atoms with van der Waals surface area (Å²) < 4.78 is 0. The van der Waals surface area contributed by atoms with E-state index in [0.717, 1.165) is 19.4 Å². The summed E-state index contributed by atoms with van der Waals surface area (Å²) in [5.41, 5.74) is 0. The van der Waals surface area contributed by atoms with Crippen LogP contribution in [0.5, 0.6) is 0 Å².